The SMILES string of the molecule is FC(F)(F)Oc1cccc(CCCCC2(c3ccccn3)CCOC3(CCCC3)C2)c1. The lowest BCUT2D eigenvalue weighted by Gasteiger charge is -2.46. The van der Waals surface area contributed by atoms with E-state index in [0.29, 0.717) is 0 Å². The average Bonchev–Trinajstić information content (AvgIpc) is 3.18. The number of aryl methyl sites for hydroxylation is 1. The summed E-state index contributed by atoms with van der Waals surface area (Å²) in [6.07, 6.45) is 7.60. The maximum Gasteiger partial charge on any atom is 0.573 e. The molecular weight excluding hydrogens is 403 g/mol. The minimum absolute atomic E-state index is 0.000956. The van der Waals surface area contributed by atoms with Crippen LogP contribution in [0.5, 0.6) is 5.75 Å². The van der Waals surface area contributed by atoms with Crippen molar-refractivity contribution in [1.82, 2.24) is 4.98 Å². The Morgan fingerprint density at radius 3 is 2.58 bits per heavy atom. The molecule has 2 heterocycles. The first-order valence-electron chi connectivity index (χ1n) is 11.3. The number of ether oxygens (including phenoxy) is 2. The Kier molecular flexibility index (Phi) is 6.56. The van der Waals surface area contributed by atoms with Crippen LogP contribution in [-0.2, 0) is 16.6 Å². The molecule has 1 aromatic heterocycles. The van der Waals surface area contributed by atoms with Crippen LogP contribution in [0.25, 0.3) is 0 Å². The predicted octanol–water partition coefficient (Wildman–Crippen LogP) is 6.75. The third-order valence-electron chi connectivity index (χ3n) is 6.88. The standard InChI is InChI=1S/C25H30F3NO2/c26-25(27,28)31-21-10-7-9-20(18-21)8-1-3-12-23(22-11-2-6-16-29-22)15-17-30-24(19-23)13-4-5-14-24/h2,6-7,9-11,16,18H,1,3-5,8,12-15,17,19H2. The highest BCUT2D eigenvalue weighted by Gasteiger charge is 2.48. The lowest BCUT2D eigenvalue weighted by Crippen LogP contribution is -2.46. The summed E-state index contributed by atoms with van der Waals surface area (Å²) >= 11 is 0. The van der Waals surface area contributed by atoms with Gasteiger partial charge in [-0.05, 0) is 74.8 Å². The van der Waals surface area contributed by atoms with Gasteiger partial charge in [-0.3, -0.25) is 4.98 Å². The van der Waals surface area contributed by atoms with Gasteiger partial charge in [0.1, 0.15) is 5.75 Å². The number of hydrogen-bond donors (Lipinski definition) is 0. The van der Waals surface area contributed by atoms with Crippen LogP contribution in [0.1, 0.15) is 69.0 Å². The first kappa shape index (κ1) is 22.1. The van der Waals surface area contributed by atoms with E-state index in [9.17, 15) is 13.2 Å². The Hall–Kier alpha value is -2.08. The third-order valence-corrected chi connectivity index (χ3v) is 6.88. The highest BCUT2D eigenvalue weighted by molar-refractivity contribution is 5.29. The molecular formula is C25H30F3NO2. The number of pyridine rings is 1. The average molecular weight is 434 g/mol. The first-order valence-corrected chi connectivity index (χ1v) is 11.3. The minimum Gasteiger partial charge on any atom is -0.406 e. The molecule has 2 aromatic rings. The van der Waals surface area contributed by atoms with E-state index in [1.54, 1.807) is 6.07 Å². The van der Waals surface area contributed by atoms with Gasteiger partial charge in [-0.2, -0.15) is 0 Å². The molecule has 1 aliphatic heterocycles. The Bertz CT molecular complexity index is 849. The van der Waals surface area contributed by atoms with Crippen molar-refractivity contribution in [2.45, 2.75) is 81.6 Å². The fourth-order valence-electron chi connectivity index (χ4n) is 5.49. The summed E-state index contributed by atoms with van der Waals surface area (Å²) in [4.78, 5) is 4.73. The second kappa shape index (κ2) is 9.19. The van der Waals surface area contributed by atoms with E-state index < -0.39 is 6.36 Å². The van der Waals surface area contributed by atoms with Gasteiger partial charge in [0, 0.05) is 23.9 Å². The van der Waals surface area contributed by atoms with Gasteiger partial charge in [-0.25, -0.2) is 0 Å². The van der Waals surface area contributed by atoms with Crippen molar-refractivity contribution in [1.29, 1.82) is 0 Å². The Balaban J connectivity index is 1.40. The van der Waals surface area contributed by atoms with E-state index in [0.717, 1.165) is 69.2 Å². The zero-order valence-electron chi connectivity index (χ0n) is 17.8. The van der Waals surface area contributed by atoms with E-state index in [1.165, 1.54) is 25.0 Å². The van der Waals surface area contributed by atoms with E-state index >= 15 is 0 Å². The molecule has 1 saturated carbocycles. The molecule has 0 bridgehead atoms. The maximum absolute atomic E-state index is 12.5. The molecule has 1 aliphatic carbocycles. The fraction of sp³-hybridized carbons (Fsp3) is 0.560. The molecule has 6 heteroatoms. The Morgan fingerprint density at radius 2 is 1.84 bits per heavy atom. The quantitative estimate of drug-likeness (QED) is 0.452. The normalized spacial score (nSPS) is 23.2. The molecule has 2 aliphatic rings. The lowest BCUT2D eigenvalue weighted by molar-refractivity contribution is -0.274. The summed E-state index contributed by atoms with van der Waals surface area (Å²) in [6.45, 7) is 0.771. The Morgan fingerprint density at radius 1 is 1.00 bits per heavy atom. The monoisotopic (exact) mass is 433 g/mol. The molecule has 0 amide bonds. The van der Waals surface area contributed by atoms with E-state index in [1.807, 2.05) is 18.3 Å². The third kappa shape index (κ3) is 5.59. The maximum atomic E-state index is 12.5. The molecule has 0 radical (unpaired) electrons. The molecule has 1 spiro atoms. The van der Waals surface area contributed by atoms with Gasteiger partial charge in [0.25, 0.3) is 0 Å². The largest absolute Gasteiger partial charge is 0.573 e. The Labute approximate surface area is 182 Å². The molecule has 4 rings (SSSR count). The molecule has 31 heavy (non-hydrogen) atoms. The van der Waals surface area contributed by atoms with Crippen molar-refractivity contribution in [3.8, 4) is 5.75 Å². The molecule has 0 N–H and O–H groups in total. The van der Waals surface area contributed by atoms with Crippen LogP contribution in [-0.4, -0.2) is 23.6 Å². The van der Waals surface area contributed by atoms with Gasteiger partial charge in [0.05, 0.1) is 5.60 Å². The number of benzene rings is 1. The summed E-state index contributed by atoms with van der Waals surface area (Å²) in [7, 11) is 0. The highest BCUT2D eigenvalue weighted by Crippen LogP contribution is 2.50. The molecule has 1 saturated heterocycles. The van der Waals surface area contributed by atoms with Crippen molar-refractivity contribution < 1.29 is 22.6 Å². The van der Waals surface area contributed by atoms with Crippen LogP contribution >= 0.6 is 0 Å². The van der Waals surface area contributed by atoms with Crippen LogP contribution in [0.2, 0.25) is 0 Å². The van der Waals surface area contributed by atoms with Gasteiger partial charge in [-0.1, -0.05) is 37.5 Å². The van der Waals surface area contributed by atoms with Gasteiger partial charge in [-0.15, -0.1) is 13.2 Å². The molecule has 1 unspecified atom stereocenters. The zero-order valence-corrected chi connectivity index (χ0v) is 17.8. The fourth-order valence-corrected chi connectivity index (χ4v) is 5.49. The lowest BCUT2D eigenvalue weighted by atomic mass is 9.67. The summed E-state index contributed by atoms with van der Waals surface area (Å²) < 4.78 is 47.8. The minimum atomic E-state index is -4.66. The second-order valence-electron chi connectivity index (χ2n) is 9.06. The second-order valence-corrected chi connectivity index (χ2v) is 9.06. The van der Waals surface area contributed by atoms with Gasteiger partial charge >= 0.3 is 6.36 Å². The number of hydrogen-bond acceptors (Lipinski definition) is 3. The summed E-state index contributed by atoms with van der Waals surface area (Å²) in [5.74, 6) is -0.150. The summed E-state index contributed by atoms with van der Waals surface area (Å²) in [5.41, 5.74) is 2.04. The van der Waals surface area contributed by atoms with Gasteiger partial charge < -0.3 is 9.47 Å². The van der Waals surface area contributed by atoms with Crippen LogP contribution in [0, 0.1) is 0 Å². The van der Waals surface area contributed by atoms with Crippen molar-refractivity contribution in [2.75, 3.05) is 6.61 Å². The number of alkyl halides is 3. The van der Waals surface area contributed by atoms with Crippen molar-refractivity contribution in [2.24, 2.45) is 0 Å². The highest BCUT2D eigenvalue weighted by atomic mass is 19.4. The number of nitrogens with zero attached hydrogens (tertiary/aromatic N) is 1. The molecule has 2 fully saturated rings. The van der Waals surface area contributed by atoms with Crippen molar-refractivity contribution in [3.05, 3.63) is 59.9 Å². The molecule has 168 valence electrons. The molecule has 3 nitrogen and oxygen atoms in total. The van der Waals surface area contributed by atoms with Crippen LogP contribution in [0.4, 0.5) is 13.2 Å². The summed E-state index contributed by atoms with van der Waals surface area (Å²) in [5, 5.41) is 0. The number of aromatic nitrogens is 1. The molecule has 1 atom stereocenters. The number of halogens is 3. The first-order chi connectivity index (χ1) is 14.9. The van der Waals surface area contributed by atoms with E-state index in [4.69, 9.17) is 9.72 Å². The van der Waals surface area contributed by atoms with Gasteiger partial charge in [0.2, 0.25) is 0 Å². The van der Waals surface area contributed by atoms with Crippen LogP contribution in [0.3, 0.4) is 0 Å². The van der Waals surface area contributed by atoms with Gasteiger partial charge in [0.15, 0.2) is 0 Å². The van der Waals surface area contributed by atoms with E-state index in [-0.39, 0.29) is 16.8 Å². The van der Waals surface area contributed by atoms with Crippen LogP contribution in [0.15, 0.2) is 48.7 Å². The topological polar surface area (TPSA) is 31.4 Å². The molecule has 1 aromatic carbocycles. The predicted molar refractivity (Wildman–Crippen MR) is 113 cm³/mol. The van der Waals surface area contributed by atoms with Crippen LogP contribution < -0.4 is 4.74 Å². The number of unbranched alkanes of at least 4 members (excludes halogenated alkanes) is 1. The zero-order chi connectivity index (χ0) is 21.8. The number of rotatable bonds is 7. The van der Waals surface area contributed by atoms with E-state index in [2.05, 4.69) is 16.9 Å². The smallest absolute Gasteiger partial charge is 0.406 e. The van der Waals surface area contributed by atoms with Crippen molar-refractivity contribution in [3.63, 3.8) is 0 Å². The summed E-state index contributed by atoms with van der Waals surface area (Å²) in [6, 6.07) is 12.5. The van der Waals surface area contributed by atoms with Crippen molar-refractivity contribution >= 4 is 0 Å².